The van der Waals surface area contributed by atoms with Gasteiger partial charge in [-0.2, -0.15) is 21.6 Å². The van der Waals surface area contributed by atoms with Gasteiger partial charge in [0.05, 0.1) is 24.6 Å². The molecule has 3 N–H and O–H groups in total. The maximum absolute atomic E-state index is 14.0. The lowest BCUT2D eigenvalue weighted by atomic mass is 10.0. The van der Waals surface area contributed by atoms with E-state index in [2.05, 4.69) is 5.32 Å². The highest BCUT2D eigenvalue weighted by Gasteiger charge is 2.46. The molecule has 0 aliphatic rings. The fourth-order valence-electron chi connectivity index (χ4n) is 3.49. The Morgan fingerprint density at radius 1 is 1.00 bits per heavy atom. The minimum atomic E-state index is -5.97. The van der Waals surface area contributed by atoms with E-state index >= 15 is 0 Å². The third-order valence-electron chi connectivity index (χ3n) is 5.29. The molecule has 0 saturated heterocycles. The second kappa shape index (κ2) is 11.7. The monoisotopic (exact) mass is 649 g/mol. The van der Waals surface area contributed by atoms with Crippen LogP contribution < -0.4 is 10.0 Å². The number of carbonyl (C=O) groups is 1. The maximum atomic E-state index is 14.0. The first-order chi connectivity index (χ1) is 18.8. The summed E-state index contributed by atoms with van der Waals surface area (Å²) in [5.41, 5.74) is -5.73. The number of sulfonamides is 1. The maximum Gasteiger partial charge on any atom is 0.516 e. The van der Waals surface area contributed by atoms with Crippen molar-refractivity contribution in [1.29, 1.82) is 5.41 Å². The number of amidine groups is 1. The normalized spacial score (nSPS) is 12.6. The summed E-state index contributed by atoms with van der Waals surface area (Å²) in [6.07, 6.45) is 0.608. The van der Waals surface area contributed by atoms with Crippen LogP contribution in [0.5, 0.6) is 0 Å². The highest BCUT2D eigenvalue weighted by Crippen LogP contribution is 2.41. The molecule has 9 nitrogen and oxygen atoms in total. The zero-order valence-corrected chi connectivity index (χ0v) is 25.6. The van der Waals surface area contributed by atoms with Gasteiger partial charge in [-0.15, -0.1) is 23.1 Å². The van der Waals surface area contributed by atoms with Crippen LogP contribution in [-0.4, -0.2) is 46.1 Å². The molecule has 1 amide bonds. The number of thioether (sulfide) groups is 1. The smallest absolute Gasteiger partial charge is 0.444 e. The van der Waals surface area contributed by atoms with Gasteiger partial charge in [0.1, 0.15) is 11.4 Å². The minimum absolute atomic E-state index is 0.0197. The lowest BCUT2D eigenvalue weighted by Gasteiger charge is -2.19. The van der Waals surface area contributed by atoms with Crippen molar-refractivity contribution in [2.45, 2.75) is 52.8 Å². The number of thiophene rings is 1. The number of benzene rings is 2. The average Bonchev–Trinajstić information content (AvgIpc) is 3.28. The molecule has 0 aliphatic heterocycles. The molecule has 0 unspecified atom stereocenters. The van der Waals surface area contributed by atoms with E-state index in [0.717, 1.165) is 46.9 Å². The van der Waals surface area contributed by atoms with E-state index in [9.17, 15) is 34.8 Å². The Kier molecular flexibility index (Phi) is 9.22. The van der Waals surface area contributed by atoms with E-state index in [4.69, 9.17) is 10.1 Å². The molecule has 0 radical (unpaired) electrons. The van der Waals surface area contributed by atoms with Crippen LogP contribution in [0.3, 0.4) is 0 Å². The number of aryl methyl sites for hydroxylation is 1. The van der Waals surface area contributed by atoms with Gasteiger partial charge in [-0.05, 0) is 68.8 Å². The van der Waals surface area contributed by atoms with Crippen LogP contribution in [0.1, 0.15) is 31.2 Å². The van der Waals surface area contributed by atoms with Crippen molar-refractivity contribution >= 4 is 60.6 Å². The van der Waals surface area contributed by atoms with Crippen LogP contribution in [0.2, 0.25) is 0 Å². The molecule has 2 aromatic carbocycles. The summed E-state index contributed by atoms with van der Waals surface area (Å²) < 4.78 is 98.1. The second-order valence-electron chi connectivity index (χ2n) is 9.55. The second-order valence-corrected chi connectivity index (χ2v) is 15.2. The summed E-state index contributed by atoms with van der Waals surface area (Å²) in [6.45, 7) is 6.61. The Morgan fingerprint density at radius 3 is 2.20 bits per heavy atom. The number of hydrogen-bond acceptors (Lipinski definition) is 9. The van der Waals surface area contributed by atoms with Crippen LogP contribution in [0.15, 0.2) is 62.5 Å². The van der Waals surface area contributed by atoms with Gasteiger partial charge < -0.3 is 4.74 Å². The van der Waals surface area contributed by atoms with E-state index in [1.165, 1.54) is 10.8 Å². The van der Waals surface area contributed by atoms with Gasteiger partial charge in [-0.25, -0.2) is 13.2 Å². The van der Waals surface area contributed by atoms with Crippen molar-refractivity contribution in [3.63, 3.8) is 0 Å². The number of nitrogens with one attached hydrogen (secondary N) is 3. The third kappa shape index (κ3) is 7.42. The standard InChI is InChI=1S/C25H26F3N3O6S4/c1-14-8-6-7-9-16(14)15-10-11-17(31-41(35,36)25(26,27)28)19(12-15)40(33,34)20-13-18(39-22(20)38-5)21(29)30-23(32)37-24(2,3)4/h6-13,31H,1-5H3,(H2,29,30,32). The van der Waals surface area contributed by atoms with Gasteiger partial charge in [0.25, 0.3) is 0 Å². The van der Waals surface area contributed by atoms with Gasteiger partial charge in [0, 0.05) is 0 Å². The molecular formula is C25H26F3N3O6S4. The summed E-state index contributed by atoms with van der Waals surface area (Å²) in [7, 11) is -10.7. The number of sulfone groups is 1. The SMILES string of the molecule is CSc1sc(C(=N)NC(=O)OC(C)(C)C)cc1S(=O)(=O)c1cc(-c2ccccc2C)ccc1NS(=O)(=O)C(F)(F)F. The average molecular weight is 650 g/mol. The zero-order chi connectivity index (χ0) is 31.0. The van der Waals surface area contributed by atoms with E-state index in [1.54, 1.807) is 58.2 Å². The molecule has 3 rings (SSSR count). The molecule has 1 aromatic heterocycles. The van der Waals surface area contributed by atoms with Crippen molar-refractivity contribution in [2.75, 3.05) is 11.0 Å². The fraction of sp³-hybridized carbons (Fsp3) is 0.280. The topological polar surface area (TPSA) is 142 Å². The van der Waals surface area contributed by atoms with Gasteiger partial charge in [0.2, 0.25) is 9.84 Å². The van der Waals surface area contributed by atoms with E-state index in [0.29, 0.717) is 11.1 Å². The van der Waals surface area contributed by atoms with Gasteiger partial charge >= 0.3 is 21.6 Å². The van der Waals surface area contributed by atoms with Gasteiger partial charge in [-0.1, -0.05) is 30.3 Å². The van der Waals surface area contributed by atoms with E-state index in [-0.39, 0.29) is 14.0 Å². The quantitative estimate of drug-likeness (QED) is 0.153. The first-order valence-corrected chi connectivity index (χ1v) is 16.6. The Morgan fingerprint density at radius 2 is 1.63 bits per heavy atom. The minimum Gasteiger partial charge on any atom is -0.444 e. The Bertz CT molecular complexity index is 1710. The van der Waals surface area contributed by atoms with Crippen molar-refractivity contribution in [3.05, 3.63) is 59.0 Å². The molecule has 0 atom stereocenters. The molecule has 0 aliphatic carbocycles. The molecule has 1 heterocycles. The molecule has 3 aromatic rings. The van der Waals surface area contributed by atoms with E-state index < -0.39 is 53.5 Å². The van der Waals surface area contributed by atoms with Crippen molar-refractivity contribution in [2.24, 2.45) is 0 Å². The van der Waals surface area contributed by atoms with Crippen molar-refractivity contribution < 1.29 is 39.5 Å². The fourth-order valence-corrected chi connectivity index (χ4v) is 8.22. The third-order valence-corrected chi connectivity index (χ3v) is 10.8. The number of hydrogen-bond donors (Lipinski definition) is 3. The lowest BCUT2D eigenvalue weighted by Crippen LogP contribution is -2.36. The number of rotatable bonds is 7. The number of carbonyl (C=O) groups excluding carboxylic acids is 1. The number of alkyl carbamates (subject to hydrolysis) is 1. The first kappa shape index (κ1) is 32.4. The van der Waals surface area contributed by atoms with Crippen molar-refractivity contribution in [1.82, 2.24) is 5.32 Å². The Balaban J connectivity index is 2.18. The summed E-state index contributed by atoms with van der Waals surface area (Å²) >= 11 is 1.84. The van der Waals surface area contributed by atoms with Crippen LogP contribution in [0, 0.1) is 12.3 Å². The van der Waals surface area contributed by atoms with Crippen LogP contribution >= 0.6 is 23.1 Å². The molecule has 0 fully saturated rings. The van der Waals surface area contributed by atoms with Gasteiger partial charge in [-0.3, -0.25) is 15.4 Å². The van der Waals surface area contributed by atoms with Crippen LogP contribution in [-0.2, 0) is 24.6 Å². The van der Waals surface area contributed by atoms with Crippen LogP contribution in [0.25, 0.3) is 11.1 Å². The molecule has 0 saturated carbocycles. The number of ether oxygens (including phenoxy) is 1. The highest BCUT2D eigenvalue weighted by atomic mass is 32.2. The molecule has 0 spiro atoms. The predicted octanol–water partition coefficient (Wildman–Crippen LogP) is 6.39. The van der Waals surface area contributed by atoms with Crippen molar-refractivity contribution in [3.8, 4) is 11.1 Å². The molecule has 41 heavy (non-hydrogen) atoms. The molecule has 0 bridgehead atoms. The summed E-state index contributed by atoms with van der Waals surface area (Å²) in [4.78, 5) is 11.0. The Labute approximate surface area is 244 Å². The van der Waals surface area contributed by atoms with E-state index in [1.807, 2.05) is 0 Å². The molecule has 222 valence electrons. The predicted molar refractivity (Wildman–Crippen MR) is 153 cm³/mol. The zero-order valence-electron chi connectivity index (χ0n) is 22.3. The van der Waals surface area contributed by atoms with Gasteiger partial charge in [0.15, 0.2) is 0 Å². The first-order valence-electron chi connectivity index (χ1n) is 11.6. The number of halogens is 3. The number of anilines is 1. The number of alkyl halides is 3. The molecule has 16 heteroatoms. The number of amides is 1. The van der Waals surface area contributed by atoms with Crippen LogP contribution in [0.4, 0.5) is 23.7 Å². The summed E-state index contributed by atoms with van der Waals surface area (Å²) in [6, 6.07) is 11.3. The lowest BCUT2D eigenvalue weighted by molar-refractivity contribution is -0.0429. The summed E-state index contributed by atoms with van der Waals surface area (Å²) in [5.74, 6) is -0.465. The largest absolute Gasteiger partial charge is 0.516 e. The Hall–Kier alpha value is -3.08. The molecular weight excluding hydrogens is 624 g/mol. The summed E-state index contributed by atoms with van der Waals surface area (Å²) in [5, 5.41) is 10.5. The highest BCUT2D eigenvalue weighted by molar-refractivity contribution is 8.01.